The second kappa shape index (κ2) is 7.07. The van der Waals surface area contributed by atoms with E-state index >= 15 is 0 Å². The molecule has 2 N–H and O–H groups in total. The maximum Gasteiger partial charge on any atom is 0.0433 e. The fourth-order valence-corrected chi connectivity index (χ4v) is 2.53. The first kappa shape index (κ1) is 15.3. The van der Waals surface area contributed by atoms with Gasteiger partial charge in [0.25, 0.3) is 0 Å². The van der Waals surface area contributed by atoms with Gasteiger partial charge in [0.2, 0.25) is 0 Å². The topological polar surface area (TPSA) is 38.4 Å². The molecule has 0 bridgehead atoms. The average molecular weight is 280 g/mol. The van der Waals surface area contributed by atoms with E-state index in [0.29, 0.717) is 0 Å². The van der Waals surface area contributed by atoms with Crippen LogP contribution in [0, 0.1) is 13.8 Å². The van der Waals surface area contributed by atoms with E-state index in [4.69, 9.17) is 10.7 Å². The number of rotatable bonds is 5. The Morgan fingerprint density at radius 3 is 2.38 bits per heavy atom. The lowest BCUT2D eigenvalue weighted by molar-refractivity contribution is 0.960. The van der Waals surface area contributed by atoms with Gasteiger partial charge < -0.3 is 5.73 Å². The van der Waals surface area contributed by atoms with Crippen LogP contribution >= 0.6 is 0 Å². The lowest BCUT2D eigenvalue weighted by atomic mass is 10.00. The summed E-state index contributed by atoms with van der Waals surface area (Å²) in [6.07, 6.45) is 1.92. The van der Waals surface area contributed by atoms with Crippen LogP contribution in [-0.4, -0.2) is 12.3 Å². The molecule has 0 saturated heterocycles. The average Bonchev–Trinajstić information content (AvgIpc) is 2.46. The highest BCUT2D eigenvalue weighted by atomic mass is 14.7. The molecule has 21 heavy (non-hydrogen) atoms. The predicted molar refractivity (Wildman–Crippen MR) is 92.2 cm³/mol. The standard InChI is InChI=1S/C19H24N2/c1-4-19(18-10-5-14(2)13-15(18)3)21-12-11-16-6-8-17(20)9-7-16/h5-10,13H,4,11-12,20H2,1-3H3. The molecule has 2 nitrogen and oxygen atoms in total. The van der Waals surface area contributed by atoms with E-state index in [-0.39, 0.29) is 0 Å². The summed E-state index contributed by atoms with van der Waals surface area (Å²) in [5, 5.41) is 0. The van der Waals surface area contributed by atoms with Crippen LogP contribution in [0.3, 0.4) is 0 Å². The minimum atomic E-state index is 0.812. The third kappa shape index (κ3) is 4.19. The molecule has 0 aliphatic heterocycles. The van der Waals surface area contributed by atoms with Crippen molar-refractivity contribution in [2.45, 2.75) is 33.6 Å². The van der Waals surface area contributed by atoms with Crippen LogP contribution in [0.25, 0.3) is 0 Å². The Kier molecular flexibility index (Phi) is 5.15. The minimum absolute atomic E-state index is 0.812. The number of aliphatic imine (C=N–C) groups is 1. The van der Waals surface area contributed by atoms with Crippen LogP contribution in [0.4, 0.5) is 5.69 Å². The summed E-state index contributed by atoms with van der Waals surface area (Å²) in [6, 6.07) is 14.6. The van der Waals surface area contributed by atoms with Gasteiger partial charge in [-0.1, -0.05) is 42.8 Å². The van der Waals surface area contributed by atoms with E-state index in [2.05, 4.69) is 51.1 Å². The summed E-state index contributed by atoms with van der Waals surface area (Å²) in [5.74, 6) is 0. The van der Waals surface area contributed by atoms with E-state index in [1.54, 1.807) is 0 Å². The van der Waals surface area contributed by atoms with Crippen molar-refractivity contribution in [2.75, 3.05) is 12.3 Å². The molecule has 0 fully saturated rings. The van der Waals surface area contributed by atoms with Crippen molar-refractivity contribution in [3.05, 3.63) is 64.7 Å². The maximum atomic E-state index is 5.70. The molecule has 0 aliphatic rings. The van der Waals surface area contributed by atoms with Crippen molar-refractivity contribution in [2.24, 2.45) is 4.99 Å². The molecule has 0 amide bonds. The van der Waals surface area contributed by atoms with Crippen LogP contribution in [0.15, 0.2) is 47.5 Å². The smallest absolute Gasteiger partial charge is 0.0433 e. The van der Waals surface area contributed by atoms with Crippen LogP contribution in [0.1, 0.15) is 35.6 Å². The zero-order valence-corrected chi connectivity index (χ0v) is 13.2. The molecule has 0 aliphatic carbocycles. The van der Waals surface area contributed by atoms with Crippen LogP contribution < -0.4 is 5.73 Å². The van der Waals surface area contributed by atoms with Gasteiger partial charge in [0, 0.05) is 17.9 Å². The maximum absolute atomic E-state index is 5.70. The second-order valence-electron chi connectivity index (χ2n) is 5.49. The normalized spacial score (nSPS) is 11.7. The number of nitrogens with zero attached hydrogens (tertiary/aromatic N) is 1. The molecule has 2 rings (SSSR count). The molecule has 0 saturated carbocycles. The molecule has 2 aromatic carbocycles. The Hall–Kier alpha value is -2.09. The van der Waals surface area contributed by atoms with Gasteiger partial charge in [0.1, 0.15) is 0 Å². The fraction of sp³-hybridized carbons (Fsp3) is 0.316. The van der Waals surface area contributed by atoms with E-state index in [1.165, 1.54) is 28.0 Å². The lowest BCUT2D eigenvalue weighted by Gasteiger charge is -2.09. The monoisotopic (exact) mass is 280 g/mol. The fourth-order valence-electron chi connectivity index (χ4n) is 2.53. The highest BCUT2D eigenvalue weighted by Crippen LogP contribution is 2.14. The molecule has 2 heteroatoms. The molecule has 0 heterocycles. The molecular formula is C19H24N2. The number of nitrogens with two attached hydrogens (primary N) is 1. The highest BCUT2D eigenvalue weighted by Gasteiger charge is 2.05. The Bertz CT molecular complexity index is 625. The number of hydrogen-bond acceptors (Lipinski definition) is 2. The lowest BCUT2D eigenvalue weighted by Crippen LogP contribution is -2.04. The van der Waals surface area contributed by atoms with Gasteiger partial charge in [0.15, 0.2) is 0 Å². The van der Waals surface area contributed by atoms with Crippen molar-refractivity contribution in [1.82, 2.24) is 0 Å². The van der Waals surface area contributed by atoms with Gasteiger partial charge in [-0.2, -0.15) is 0 Å². The van der Waals surface area contributed by atoms with Crippen molar-refractivity contribution < 1.29 is 0 Å². The van der Waals surface area contributed by atoms with Crippen molar-refractivity contribution in [1.29, 1.82) is 0 Å². The molecule has 0 radical (unpaired) electrons. The third-order valence-corrected chi connectivity index (χ3v) is 3.71. The first-order valence-corrected chi connectivity index (χ1v) is 7.55. The predicted octanol–water partition coefficient (Wildman–Crippen LogP) is 4.33. The second-order valence-corrected chi connectivity index (χ2v) is 5.49. The quantitative estimate of drug-likeness (QED) is 0.642. The molecule has 110 valence electrons. The summed E-state index contributed by atoms with van der Waals surface area (Å²) in [4.78, 5) is 4.81. The summed E-state index contributed by atoms with van der Waals surface area (Å²) in [5.41, 5.74) is 12.9. The highest BCUT2D eigenvalue weighted by molar-refractivity contribution is 6.01. The Morgan fingerprint density at radius 1 is 1.05 bits per heavy atom. The number of anilines is 1. The molecule has 2 aromatic rings. The number of nitrogen functional groups attached to an aromatic ring is 1. The van der Waals surface area contributed by atoms with E-state index in [1.807, 2.05) is 12.1 Å². The zero-order chi connectivity index (χ0) is 15.2. The molecule has 0 aromatic heterocycles. The van der Waals surface area contributed by atoms with Crippen molar-refractivity contribution in [3.63, 3.8) is 0 Å². The summed E-state index contributed by atoms with van der Waals surface area (Å²) < 4.78 is 0. The number of benzene rings is 2. The van der Waals surface area contributed by atoms with Gasteiger partial charge in [-0.3, -0.25) is 4.99 Å². The van der Waals surface area contributed by atoms with Gasteiger partial charge in [-0.15, -0.1) is 0 Å². The Labute approximate surface area is 127 Å². The number of hydrogen-bond donors (Lipinski definition) is 1. The number of aryl methyl sites for hydroxylation is 2. The Balaban J connectivity index is 2.08. The van der Waals surface area contributed by atoms with E-state index in [9.17, 15) is 0 Å². The summed E-state index contributed by atoms with van der Waals surface area (Å²) in [7, 11) is 0. The first-order valence-electron chi connectivity index (χ1n) is 7.55. The van der Waals surface area contributed by atoms with Gasteiger partial charge in [0.05, 0.1) is 0 Å². The van der Waals surface area contributed by atoms with Crippen LogP contribution in [-0.2, 0) is 6.42 Å². The van der Waals surface area contributed by atoms with Crippen LogP contribution in [0.2, 0.25) is 0 Å². The molecule has 0 unspecified atom stereocenters. The largest absolute Gasteiger partial charge is 0.399 e. The summed E-state index contributed by atoms with van der Waals surface area (Å²) >= 11 is 0. The minimum Gasteiger partial charge on any atom is -0.399 e. The molecule has 0 spiro atoms. The molecule has 0 atom stereocenters. The van der Waals surface area contributed by atoms with Gasteiger partial charge in [-0.25, -0.2) is 0 Å². The van der Waals surface area contributed by atoms with Crippen molar-refractivity contribution >= 4 is 11.4 Å². The molecular weight excluding hydrogens is 256 g/mol. The first-order chi connectivity index (χ1) is 10.1. The Morgan fingerprint density at radius 2 is 1.76 bits per heavy atom. The third-order valence-electron chi connectivity index (χ3n) is 3.71. The van der Waals surface area contributed by atoms with Gasteiger partial charge >= 0.3 is 0 Å². The zero-order valence-electron chi connectivity index (χ0n) is 13.2. The SMILES string of the molecule is CCC(=NCCc1ccc(N)cc1)c1ccc(C)cc1C. The van der Waals surface area contributed by atoms with Crippen LogP contribution in [0.5, 0.6) is 0 Å². The van der Waals surface area contributed by atoms with E-state index < -0.39 is 0 Å². The van der Waals surface area contributed by atoms with Gasteiger partial charge in [-0.05, 0) is 55.5 Å². The summed E-state index contributed by atoms with van der Waals surface area (Å²) in [6.45, 7) is 7.27. The van der Waals surface area contributed by atoms with E-state index in [0.717, 1.165) is 25.1 Å². The van der Waals surface area contributed by atoms with Crippen molar-refractivity contribution in [3.8, 4) is 0 Å².